The van der Waals surface area contributed by atoms with Crippen molar-refractivity contribution in [1.82, 2.24) is 14.8 Å². The number of carbonyl (C=O) groups is 1. The molecule has 0 N–H and O–H groups in total. The largest absolute Gasteiger partial charge is 0.417 e. The van der Waals surface area contributed by atoms with Gasteiger partial charge in [-0.15, -0.1) is 0 Å². The van der Waals surface area contributed by atoms with E-state index in [0.29, 0.717) is 42.3 Å². The molecular weight excluding hydrogens is 496 g/mol. The van der Waals surface area contributed by atoms with Gasteiger partial charge in [-0.1, -0.05) is 13.8 Å². The lowest BCUT2D eigenvalue weighted by Gasteiger charge is -2.41. The summed E-state index contributed by atoms with van der Waals surface area (Å²) in [5, 5.41) is 0. The third-order valence-electron chi connectivity index (χ3n) is 9.62. The first-order valence-electron chi connectivity index (χ1n) is 13.7. The molecule has 1 aromatic carbocycles. The Labute approximate surface area is 220 Å². The van der Waals surface area contributed by atoms with Gasteiger partial charge in [-0.25, -0.2) is 4.39 Å². The zero-order valence-corrected chi connectivity index (χ0v) is 21.8. The number of fused-ring (bicyclic) bond motifs is 3. The van der Waals surface area contributed by atoms with E-state index in [2.05, 4.69) is 28.6 Å². The second-order valence-corrected chi connectivity index (χ2v) is 11.9. The van der Waals surface area contributed by atoms with Crippen molar-refractivity contribution in [3.63, 3.8) is 0 Å². The topological polar surface area (TPSA) is 39.7 Å². The summed E-state index contributed by atoms with van der Waals surface area (Å²) in [6.07, 6.45) is 0.539. The third-order valence-corrected chi connectivity index (χ3v) is 9.62. The van der Waals surface area contributed by atoms with Gasteiger partial charge in [0.05, 0.1) is 11.0 Å². The standard InChI is InChI=1S/C29H34F4N4O/c1-18(2)28(27(38)35-10-8-26-19(15-35)11-20(14-34-26)29(31,32)33)9-7-23(13-28)37-17-24-12-25(37)16-36(24)22-5-3-21(30)4-6-22/h3-6,11,14,18,23-25H,7-10,12-13,15-17H2,1-2H3. The van der Waals surface area contributed by atoms with E-state index in [1.165, 1.54) is 12.1 Å². The van der Waals surface area contributed by atoms with Crippen LogP contribution in [0, 0.1) is 17.2 Å². The zero-order chi connectivity index (χ0) is 26.8. The fourth-order valence-electron chi connectivity index (χ4n) is 7.46. The van der Waals surface area contributed by atoms with Crippen molar-refractivity contribution in [1.29, 1.82) is 0 Å². The highest BCUT2D eigenvalue weighted by Gasteiger charge is 2.54. The maximum atomic E-state index is 14.1. The quantitative estimate of drug-likeness (QED) is 0.505. The Bertz CT molecular complexity index is 1220. The second kappa shape index (κ2) is 9.21. The molecule has 0 spiro atoms. The van der Waals surface area contributed by atoms with E-state index in [1.54, 1.807) is 4.90 Å². The van der Waals surface area contributed by atoms with Crippen LogP contribution in [-0.2, 0) is 23.9 Å². The van der Waals surface area contributed by atoms with Crippen LogP contribution in [0.2, 0.25) is 0 Å². The van der Waals surface area contributed by atoms with Crippen molar-refractivity contribution >= 4 is 11.6 Å². The van der Waals surface area contributed by atoms with E-state index in [4.69, 9.17) is 0 Å². The van der Waals surface area contributed by atoms with Crippen molar-refractivity contribution < 1.29 is 22.4 Å². The lowest BCUT2D eigenvalue weighted by Crippen LogP contribution is -2.51. The van der Waals surface area contributed by atoms with Crippen LogP contribution in [0.15, 0.2) is 36.5 Å². The molecule has 6 rings (SSSR count). The number of alkyl halides is 3. The summed E-state index contributed by atoms with van der Waals surface area (Å²) in [4.78, 5) is 24.9. The first-order chi connectivity index (χ1) is 18.0. The number of nitrogens with zero attached hydrogens (tertiary/aromatic N) is 4. The lowest BCUT2D eigenvalue weighted by molar-refractivity contribution is -0.146. The molecule has 4 heterocycles. The van der Waals surface area contributed by atoms with E-state index in [1.807, 2.05) is 12.1 Å². The van der Waals surface area contributed by atoms with Crippen molar-refractivity contribution in [2.24, 2.45) is 11.3 Å². The Morgan fingerprint density at radius 2 is 1.87 bits per heavy atom. The Balaban J connectivity index is 1.15. The second-order valence-electron chi connectivity index (χ2n) is 11.9. The number of carbonyl (C=O) groups excluding carboxylic acids is 1. The molecule has 204 valence electrons. The molecule has 2 bridgehead atoms. The van der Waals surface area contributed by atoms with Crippen molar-refractivity contribution in [2.45, 2.75) is 76.8 Å². The molecule has 1 aromatic heterocycles. The monoisotopic (exact) mass is 530 g/mol. The minimum atomic E-state index is -4.45. The maximum Gasteiger partial charge on any atom is 0.417 e. The predicted molar refractivity (Wildman–Crippen MR) is 136 cm³/mol. The van der Waals surface area contributed by atoms with Gasteiger partial charge < -0.3 is 9.80 Å². The van der Waals surface area contributed by atoms with E-state index in [-0.39, 0.29) is 24.2 Å². The number of aromatic nitrogens is 1. The average Bonchev–Trinajstić information content (AvgIpc) is 3.62. The summed E-state index contributed by atoms with van der Waals surface area (Å²) >= 11 is 0. The highest BCUT2D eigenvalue weighted by molar-refractivity contribution is 5.84. The van der Waals surface area contributed by atoms with Gasteiger partial charge in [-0.2, -0.15) is 13.2 Å². The molecule has 4 aliphatic rings. The van der Waals surface area contributed by atoms with E-state index < -0.39 is 17.2 Å². The molecule has 3 fully saturated rings. The number of piperazine rings is 1. The molecule has 9 heteroatoms. The SMILES string of the molecule is CC(C)C1(C(=O)N2CCc3ncc(C(F)(F)F)cc3C2)CCC(N2CC3CC2CN3c2ccc(F)cc2)C1. The Hall–Kier alpha value is -2.68. The van der Waals surface area contributed by atoms with Gasteiger partial charge in [-0.3, -0.25) is 14.7 Å². The Morgan fingerprint density at radius 1 is 1.11 bits per heavy atom. The first kappa shape index (κ1) is 25.6. The first-order valence-corrected chi connectivity index (χ1v) is 13.7. The van der Waals surface area contributed by atoms with Gasteiger partial charge in [0.15, 0.2) is 0 Å². The van der Waals surface area contributed by atoms with E-state index in [0.717, 1.165) is 56.7 Å². The molecule has 2 saturated heterocycles. The summed E-state index contributed by atoms with van der Waals surface area (Å²) in [7, 11) is 0. The lowest BCUT2D eigenvalue weighted by atomic mass is 9.73. The van der Waals surface area contributed by atoms with Crippen LogP contribution in [0.25, 0.3) is 0 Å². The summed E-state index contributed by atoms with van der Waals surface area (Å²) < 4.78 is 53.2. The van der Waals surface area contributed by atoms with Crippen molar-refractivity contribution in [3.8, 4) is 0 Å². The molecular formula is C29H34F4N4O. The van der Waals surface area contributed by atoms with Crippen LogP contribution >= 0.6 is 0 Å². The Kier molecular flexibility index (Phi) is 6.20. The fraction of sp³-hybridized carbons (Fsp3) is 0.586. The fourth-order valence-corrected chi connectivity index (χ4v) is 7.46. The molecule has 3 aliphatic heterocycles. The molecule has 2 aromatic rings. The van der Waals surface area contributed by atoms with Crippen LogP contribution in [0.1, 0.15) is 56.4 Å². The third kappa shape index (κ3) is 4.27. The number of pyridine rings is 1. The molecule has 38 heavy (non-hydrogen) atoms. The summed E-state index contributed by atoms with van der Waals surface area (Å²) in [5.74, 6) is -0.0125. The molecule has 1 saturated carbocycles. The molecule has 4 unspecified atom stereocenters. The summed E-state index contributed by atoms with van der Waals surface area (Å²) in [6, 6.07) is 9.02. The normalized spacial score (nSPS) is 29.4. The van der Waals surface area contributed by atoms with Crippen LogP contribution in [0.5, 0.6) is 0 Å². The number of amides is 1. The van der Waals surface area contributed by atoms with Crippen molar-refractivity contribution in [3.05, 3.63) is 59.2 Å². The summed E-state index contributed by atoms with van der Waals surface area (Å²) in [6.45, 7) is 6.74. The molecule has 1 aliphatic carbocycles. The maximum absolute atomic E-state index is 14.1. The van der Waals surface area contributed by atoms with Crippen LogP contribution in [-0.4, -0.2) is 58.5 Å². The molecule has 0 radical (unpaired) electrons. The van der Waals surface area contributed by atoms with E-state index >= 15 is 0 Å². The molecule has 5 nitrogen and oxygen atoms in total. The van der Waals surface area contributed by atoms with Crippen LogP contribution < -0.4 is 4.90 Å². The van der Waals surface area contributed by atoms with Gasteiger partial charge in [0.25, 0.3) is 0 Å². The summed E-state index contributed by atoms with van der Waals surface area (Å²) in [5.41, 5.74) is 0.957. The van der Waals surface area contributed by atoms with E-state index in [9.17, 15) is 22.4 Å². The zero-order valence-electron chi connectivity index (χ0n) is 21.8. The number of anilines is 1. The number of halogens is 4. The smallest absolute Gasteiger partial charge is 0.366 e. The molecule has 1 amide bonds. The van der Waals surface area contributed by atoms with Gasteiger partial charge >= 0.3 is 6.18 Å². The van der Waals surface area contributed by atoms with Crippen LogP contribution in [0.4, 0.5) is 23.2 Å². The number of rotatable bonds is 4. The average molecular weight is 531 g/mol. The highest BCUT2D eigenvalue weighted by atomic mass is 19.4. The number of hydrogen-bond acceptors (Lipinski definition) is 4. The van der Waals surface area contributed by atoms with Gasteiger partial charge in [-0.05, 0) is 67.5 Å². The number of likely N-dealkylation sites (tertiary alicyclic amines) is 1. The number of benzene rings is 1. The Morgan fingerprint density at radius 3 is 2.53 bits per heavy atom. The van der Waals surface area contributed by atoms with Crippen LogP contribution in [0.3, 0.4) is 0 Å². The minimum absolute atomic E-state index is 0.0790. The van der Waals surface area contributed by atoms with Crippen molar-refractivity contribution in [2.75, 3.05) is 24.5 Å². The predicted octanol–water partition coefficient (Wildman–Crippen LogP) is 5.28. The van der Waals surface area contributed by atoms with Gasteiger partial charge in [0.2, 0.25) is 5.91 Å². The minimum Gasteiger partial charge on any atom is -0.366 e. The van der Waals surface area contributed by atoms with Gasteiger partial charge in [0.1, 0.15) is 5.82 Å². The molecule has 4 atom stereocenters. The van der Waals surface area contributed by atoms with Gasteiger partial charge in [0, 0.05) is 68.3 Å². The highest BCUT2D eigenvalue weighted by Crippen LogP contribution is 2.50. The number of hydrogen-bond donors (Lipinski definition) is 0.